The van der Waals surface area contributed by atoms with Crippen LogP contribution < -0.4 is 5.32 Å². The van der Waals surface area contributed by atoms with Crippen LogP contribution in [0, 0.1) is 25.5 Å². The molecule has 9 heteroatoms. The molecule has 1 saturated heterocycles. The molecule has 1 atom stereocenters. The van der Waals surface area contributed by atoms with E-state index in [2.05, 4.69) is 5.32 Å². The summed E-state index contributed by atoms with van der Waals surface area (Å²) in [4.78, 5) is 14.3. The highest BCUT2D eigenvalue weighted by molar-refractivity contribution is 7.89. The van der Waals surface area contributed by atoms with E-state index in [9.17, 15) is 22.0 Å². The Kier molecular flexibility index (Phi) is 6.42. The molecule has 162 valence electrons. The number of hydrogen-bond donors (Lipinski definition) is 1. The van der Waals surface area contributed by atoms with Crippen molar-refractivity contribution in [3.05, 3.63) is 64.7 Å². The highest BCUT2D eigenvalue weighted by Gasteiger charge is 2.30. The number of carbonyl (C=O) groups is 1. The highest BCUT2D eigenvalue weighted by atomic mass is 32.2. The Balaban J connectivity index is 1.61. The van der Waals surface area contributed by atoms with Crippen molar-refractivity contribution >= 4 is 16.1 Å². The molecule has 0 aliphatic carbocycles. The van der Waals surface area contributed by atoms with Gasteiger partial charge in [0.1, 0.15) is 0 Å². The van der Waals surface area contributed by atoms with Crippen molar-refractivity contribution in [3.63, 3.8) is 0 Å². The van der Waals surface area contributed by atoms with Crippen molar-refractivity contribution in [2.75, 3.05) is 26.2 Å². The predicted molar refractivity (Wildman–Crippen MR) is 110 cm³/mol. The second-order valence-corrected chi connectivity index (χ2v) is 9.42. The fraction of sp³-hybridized carbons (Fsp3) is 0.381. The van der Waals surface area contributed by atoms with Crippen LogP contribution >= 0.6 is 0 Å². The van der Waals surface area contributed by atoms with E-state index in [0.29, 0.717) is 5.56 Å². The van der Waals surface area contributed by atoms with Crippen molar-refractivity contribution in [2.45, 2.75) is 31.7 Å². The van der Waals surface area contributed by atoms with Gasteiger partial charge in [0.2, 0.25) is 10.0 Å². The molecule has 1 aliphatic rings. The Morgan fingerprint density at radius 2 is 1.63 bits per heavy atom. The molecule has 0 bridgehead atoms. The number of halogens is 2. The fourth-order valence-corrected chi connectivity index (χ4v) is 4.80. The molecular weight excluding hydrogens is 412 g/mol. The molecule has 3 rings (SSSR count). The standard InChI is InChI=1S/C21H25F2N3O3S/c1-14-4-6-18(12-15(14)2)30(28,29)26-10-8-25(9-11-26)21(27)24-16(3)17-5-7-19(22)20(23)13-17/h4-7,12-13,16H,8-11H2,1-3H3,(H,24,27). The van der Waals surface area contributed by atoms with Gasteiger partial charge in [-0.1, -0.05) is 12.1 Å². The van der Waals surface area contributed by atoms with E-state index in [4.69, 9.17) is 0 Å². The van der Waals surface area contributed by atoms with Crippen LogP contribution in [0.25, 0.3) is 0 Å². The minimum Gasteiger partial charge on any atom is -0.331 e. The molecule has 1 heterocycles. The number of aryl methyl sites for hydroxylation is 2. The zero-order chi connectivity index (χ0) is 22.1. The van der Waals surface area contributed by atoms with Crippen LogP contribution in [0.4, 0.5) is 13.6 Å². The lowest BCUT2D eigenvalue weighted by molar-refractivity contribution is 0.169. The number of hydrogen-bond acceptors (Lipinski definition) is 3. The average Bonchev–Trinajstić information content (AvgIpc) is 2.72. The first kappa shape index (κ1) is 22.2. The maximum atomic E-state index is 13.4. The molecule has 6 nitrogen and oxygen atoms in total. The first-order valence-corrected chi connectivity index (χ1v) is 11.1. The molecule has 0 spiro atoms. The summed E-state index contributed by atoms with van der Waals surface area (Å²) < 4.78 is 53.7. The molecule has 2 aromatic carbocycles. The monoisotopic (exact) mass is 437 g/mol. The first-order chi connectivity index (χ1) is 14.1. The van der Waals surface area contributed by atoms with E-state index in [1.807, 2.05) is 13.8 Å². The Bertz CT molecular complexity index is 1050. The Labute approximate surface area is 175 Å². The Morgan fingerprint density at radius 1 is 0.967 bits per heavy atom. The maximum Gasteiger partial charge on any atom is 0.317 e. The van der Waals surface area contributed by atoms with Crippen molar-refractivity contribution < 1.29 is 22.0 Å². The van der Waals surface area contributed by atoms with Crippen molar-refractivity contribution in [1.82, 2.24) is 14.5 Å². The van der Waals surface area contributed by atoms with Crippen molar-refractivity contribution in [2.24, 2.45) is 0 Å². The molecule has 0 aromatic heterocycles. The van der Waals surface area contributed by atoms with Crippen LogP contribution in [-0.2, 0) is 10.0 Å². The lowest BCUT2D eigenvalue weighted by Gasteiger charge is -2.34. The van der Waals surface area contributed by atoms with Gasteiger partial charge >= 0.3 is 6.03 Å². The van der Waals surface area contributed by atoms with Gasteiger partial charge in [-0.25, -0.2) is 22.0 Å². The smallest absolute Gasteiger partial charge is 0.317 e. The van der Waals surface area contributed by atoms with E-state index in [1.54, 1.807) is 25.1 Å². The average molecular weight is 438 g/mol. The zero-order valence-electron chi connectivity index (χ0n) is 17.2. The van der Waals surface area contributed by atoms with Crippen molar-refractivity contribution in [3.8, 4) is 0 Å². The number of carbonyl (C=O) groups excluding carboxylic acids is 1. The number of urea groups is 1. The quantitative estimate of drug-likeness (QED) is 0.798. The number of piperazine rings is 1. The summed E-state index contributed by atoms with van der Waals surface area (Å²) in [6, 6.07) is 7.62. The maximum absolute atomic E-state index is 13.4. The SMILES string of the molecule is Cc1ccc(S(=O)(=O)N2CCN(C(=O)NC(C)c3ccc(F)c(F)c3)CC2)cc1C. The fourth-order valence-electron chi connectivity index (χ4n) is 3.30. The number of rotatable bonds is 4. The summed E-state index contributed by atoms with van der Waals surface area (Å²) in [5.74, 6) is -1.92. The summed E-state index contributed by atoms with van der Waals surface area (Å²) >= 11 is 0. The van der Waals surface area contributed by atoms with Crippen LogP contribution in [0.3, 0.4) is 0 Å². The van der Waals surface area contributed by atoms with Crippen LogP contribution in [0.5, 0.6) is 0 Å². The largest absolute Gasteiger partial charge is 0.331 e. The topological polar surface area (TPSA) is 69.7 Å². The van der Waals surface area contributed by atoms with Crippen LogP contribution in [0.1, 0.15) is 29.7 Å². The van der Waals surface area contributed by atoms with Gasteiger partial charge in [-0.05, 0) is 61.7 Å². The van der Waals surface area contributed by atoms with Gasteiger partial charge in [-0.3, -0.25) is 0 Å². The van der Waals surface area contributed by atoms with Crippen molar-refractivity contribution in [1.29, 1.82) is 0 Å². The molecule has 1 N–H and O–H groups in total. The Hall–Kier alpha value is -2.52. The summed E-state index contributed by atoms with van der Waals surface area (Å²) in [5.41, 5.74) is 2.36. The molecule has 0 saturated carbocycles. The third-order valence-electron chi connectivity index (χ3n) is 5.43. The van der Waals surface area contributed by atoms with E-state index in [0.717, 1.165) is 23.3 Å². The Morgan fingerprint density at radius 3 is 2.23 bits per heavy atom. The zero-order valence-corrected chi connectivity index (χ0v) is 18.0. The minimum absolute atomic E-state index is 0.183. The molecule has 2 aromatic rings. The summed E-state index contributed by atoms with van der Waals surface area (Å²) in [6.07, 6.45) is 0. The van der Waals surface area contributed by atoms with Gasteiger partial charge < -0.3 is 10.2 Å². The lowest BCUT2D eigenvalue weighted by Crippen LogP contribution is -2.53. The van der Waals surface area contributed by atoms with E-state index < -0.39 is 27.7 Å². The third-order valence-corrected chi connectivity index (χ3v) is 7.32. The number of benzene rings is 2. The van der Waals surface area contributed by atoms with Gasteiger partial charge in [-0.2, -0.15) is 4.31 Å². The second-order valence-electron chi connectivity index (χ2n) is 7.48. The van der Waals surface area contributed by atoms with E-state index >= 15 is 0 Å². The van der Waals surface area contributed by atoms with Gasteiger partial charge in [0, 0.05) is 26.2 Å². The molecule has 0 radical (unpaired) electrons. The lowest BCUT2D eigenvalue weighted by atomic mass is 10.1. The molecule has 1 fully saturated rings. The van der Waals surface area contributed by atoms with Crippen LogP contribution in [0.2, 0.25) is 0 Å². The molecule has 30 heavy (non-hydrogen) atoms. The molecule has 1 unspecified atom stereocenters. The van der Waals surface area contributed by atoms with Gasteiger partial charge in [-0.15, -0.1) is 0 Å². The third kappa shape index (κ3) is 4.62. The van der Waals surface area contributed by atoms with E-state index in [1.165, 1.54) is 15.3 Å². The molecular formula is C21H25F2N3O3S. The number of nitrogens with one attached hydrogen (secondary N) is 1. The highest BCUT2D eigenvalue weighted by Crippen LogP contribution is 2.21. The van der Waals surface area contributed by atoms with Gasteiger partial charge in [0.05, 0.1) is 10.9 Å². The number of sulfonamides is 1. The molecule has 2 amide bonds. The minimum atomic E-state index is -3.63. The van der Waals surface area contributed by atoms with Gasteiger partial charge in [0.25, 0.3) is 0 Å². The van der Waals surface area contributed by atoms with Crippen LogP contribution in [-0.4, -0.2) is 49.8 Å². The number of nitrogens with zero attached hydrogens (tertiary/aromatic N) is 2. The van der Waals surface area contributed by atoms with Crippen LogP contribution in [0.15, 0.2) is 41.3 Å². The summed E-state index contributed by atoms with van der Waals surface area (Å²) in [7, 11) is -3.63. The predicted octanol–water partition coefficient (Wildman–Crippen LogP) is 3.36. The normalized spacial score (nSPS) is 16.4. The molecule has 1 aliphatic heterocycles. The summed E-state index contributed by atoms with van der Waals surface area (Å²) in [6.45, 7) is 6.30. The number of amides is 2. The van der Waals surface area contributed by atoms with Gasteiger partial charge in [0.15, 0.2) is 11.6 Å². The van der Waals surface area contributed by atoms with E-state index in [-0.39, 0.29) is 37.1 Å². The second kappa shape index (κ2) is 8.69. The first-order valence-electron chi connectivity index (χ1n) is 9.67. The summed E-state index contributed by atoms with van der Waals surface area (Å²) in [5, 5.41) is 2.74.